The number of hydrogen-bond donors (Lipinski definition) is 1. The van der Waals surface area contributed by atoms with Crippen LogP contribution in [0.25, 0.3) is 5.69 Å². The number of likely N-dealkylation sites (N-methyl/N-ethyl adjacent to an activating group) is 1. The third-order valence-corrected chi connectivity index (χ3v) is 5.38. The SMILES string of the molecule is CN1CCN(C2CCc3[nH]n(-c4ccc(F)cc4)c(=O)c3C2)CC1. The number of nitrogens with zero attached hydrogens (tertiary/aromatic N) is 3. The number of hydrogen-bond acceptors (Lipinski definition) is 3. The summed E-state index contributed by atoms with van der Waals surface area (Å²) in [5, 5.41) is 3.22. The van der Waals surface area contributed by atoms with Gasteiger partial charge in [0.1, 0.15) is 5.82 Å². The van der Waals surface area contributed by atoms with Gasteiger partial charge in [-0.25, -0.2) is 9.07 Å². The lowest BCUT2D eigenvalue weighted by Gasteiger charge is -2.39. The summed E-state index contributed by atoms with van der Waals surface area (Å²) >= 11 is 0. The van der Waals surface area contributed by atoms with Gasteiger partial charge in [0.15, 0.2) is 0 Å². The van der Waals surface area contributed by atoms with Crippen molar-refractivity contribution in [2.24, 2.45) is 0 Å². The molecule has 2 aliphatic rings. The molecule has 1 unspecified atom stereocenters. The molecule has 0 amide bonds. The first-order chi connectivity index (χ1) is 11.6. The lowest BCUT2D eigenvalue weighted by molar-refractivity contribution is 0.103. The highest BCUT2D eigenvalue weighted by molar-refractivity contribution is 5.34. The molecule has 1 N–H and O–H groups in total. The van der Waals surface area contributed by atoms with Crippen LogP contribution in [-0.2, 0) is 12.8 Å². The van der Waals surface area contributed by atoms with E-state index in [2.05, 4.69) is 21.9 Å². The Morgan fingerprint density at radius 1 is 1.12 bits per heavy atom. The molecular weight excluding hydrogens is 307 g/mol. The highest BCUT2D eigenvalue weighted by Gasteiger charge is 2.29. The Kier molecular flexibility index (Phi) is 4.02. The fourth-order valence-electron chi connectivity index (χ4n) is 3.85. The van der Waals surface area contributed by atoms with E-state index in [0.29, 0.717) is 11.7 Å². The molecule has 1 aromatic carbocycles. The van der Waals surface area contributed by atoms with E-state index in [4.69, 9.17) is 0 Å². The van der Waals surface area contributed by atoms with E-state index in [1.165, 1.54) is 12.1 Å². The third-order valence-electron chi connectivity index (χ3n) is 5.38. The summed E-state index contributed by atoms with van der Waals surface area (Å²) in [6, 6.07) is 6.49. The molecule has 2 aromatic rings. The van der Waals surface area contributed by atoms with Gasteiger partial charge in [-0.1, -0.05) is 0 Å². The van der Waals surface area contributed by atoms with E-state index in [0.717, 1.165) is 56.7 Å². The number of benzene rings is 1. The number of nitrogens with one attached hydrogen (secondary N) is 1. The van der Waals surface area contributed by atoms with Crippen LogP contribution in [0.1, 0.15) is 17.7 Å². The lowest BCUT2D eigenvalue weighted by atomic mass is 9.92. The van der Waals surface area contributed by atoms with Gasteiger partial charge < -0.3 is 4.90 Å². The molecule has 1 atom stereocenters. The van der Waals surface area contributed by atoms with Gasteiger partial charge in [0, 0.05) is 43.5 Å². The molecule has 0 spiro atoms. The van der Waals surface area contributed by atoms with Gasteiger partial charge in [0.25, 0.3) is 5.56 Å². The van der Waals surface area contributed by atoms with E-state index in [9.17, 15) is 9.18 Å². The molecule has 0 radical (unpaired) electrons. The van der Waals surface area contributed by atoms with Gasteiger partial charge in [-0.3, -0.25) is 14.8 Å². The van der Waals surface area contributed by atoms with Crippen molar-refractivity contribution in [3.05, 3.63) is 51.7 Å². The van der Waals surface area contributed by atoms with E-state index in [1.54, 1.807) is 16.8 Å². The molecule has 6 heteroatoms. The summed E-state index contributed by atoms with van der Waals surface area (Å²) in [6.07, 6.45) is 2.79. The first-order valence-corrected chi connectivity index (χ1v) is 8.63. The van der Waals surface area contributed by atoms with Crippen molar-refractivity contribution >= 4 is 0 Å². The molecule has 1 aliphatic heterocycles. The lowest BCUT2D eigenvalue weighted by Crippen LogP contribution is -2.50. The second kappa shape index (κ2) is 6.18. The standard InChI is InChI=1S/C18H23FN4O/c1-21-8-10-22(11-9-21)15-6-7-17-16(12-15)18(24)23(20-17)14-4-2-13(19)3-5-14/h2-5,15,20H,6-12H2,1H3. The van der Waals surface area contributed by atoms with Gasteiger partial charge >= 0.3 is 0 Å². The number of halogens is 1. The van der Waals surface area contributed by atoms with Crippen LogP contribution in [0.5, 0.6) is 0 Å². The maximum Gasteiger partial charge on any atom is 0.274 e. The zero-order valence-electron chi connectivity index (χ0n) is 14.0. The molecule has 2 heterocycles. The summed E-state index contributed by atoms with van der Waals surface area (Å²) in [6.45, 7) is 4.34. The Bertz CT molecular complexity index is 771. The predicted octanol–water partition coefficient (Wildman–Crippen LogP) is 1.41. The monoisotopic (exact) mass is 330 g/mol. The number of rotatable bonds is 2. The number of piperazine rings is 1. The van der Waals surface area contributed by atoms with Crippen molar-refractivity contribution in [3.63, 3.8) is 0 Å². The second-order valence-corrected chi connectivity index (χ2v) is 6.92. The Labute approximate surface area is 140 Å². The molecular formula is C18H23FN4O. The largest absolute Gasteiger partial charge is 0.304 e. The van der Waals surface area contributed by atoms with Crippen LogP contribution in [0.15, 0.2) is 29.1 Å². The van der Waals surface area contributed by atoms with Crippen molar-refractivity contribution in [2.45, 2.75) is 25.3 Å². The summed E-state index contributed by atoms with van der Waals surface area (Å²) in [4.78, 5) is 17.7. The first kappa shape index (κ1) is 15.6. The Morgan fingerprint density at radius 2 is 1.83 bits per heavy atom. The third kappa shape index (κ3) is 2.80. The van der Waals surface area contributed by atoms with Crippen molar-refractivity contribution in [3.8, 4) is 5.69 Å². The Morgan fingerprint density at radius 3 is 2.54 bits per heavy atom. The van der Waals surface area contributed by atoms with Crippen LogP contribution in [0, 0.1) is 5.82 Å². The zero-order chi connectivity index (χ0) is 16.7. The molecule has 1 saturated heterocycles. The number of aromatic amines is 1. The summed E-state index contributed by atoms with van der Waals surface area (Å²) in [5.41, 5.74) is 2.63. The van der Waals surface area contributed by atoms with Crippen LogP contribution in [0.4, 0.5) is 4.39 Å². The highest BCUT2D eigenvalue weighted by atomic mass is 19.1. The molecule has 0 bridgehead atoms. The van der Waals surface area contributed by atoms with Crippen LogP contribution in [-0.4, -0.2) is 58.8 Å². The minimum Gasteiger partial charge on any atom is -0.304 e. The normalized spacial score (nSPS) is 22.5. The van der Waals surface area contributed by atoms with Gasteiger partial charge in [-0.2, -0.15) is 0 Å². The number of aromatic nitrogens is 2. The molecule has 0 saturated carbocycles. The van der Waals surface area contributed by atoms with Crippen LogP contribution in [0.3, 0.4) is 0 Å². The van der Waals surface area contributed by atoms with Crippen molar-refractivity contribution in [1.82, 2.24) is 19.6 Å². The van der Waals surface area contributed by atoms with Gasteiger partial charge in [-0.15, -0.1) is 0 Å². The second-order valence-electron chi connectivity index (χ2n) is 6.92. The van der Waals surface area contributed by atoms with Crippen LogP contribution >= 0.6 is 0 Å². The van der Waals surface area contributed by atoms with Crippen molar-refractivity contribution in [1.29, 1.82) is 0 Å². The number of aryl methyl sites for hydroxylation is 1. The van der Waals surface area contributed by atoms with Gasteiger partial charge in [-0.05, 0) is 50.6 Å². The van der Waals surface area contributed by atoms with Gasteiger partial charge in [0.05, 0.1) is 5.69 Å². The molecule has 4 rings (SSSR count). The summed E-state index contributed by atoms with van der Waals surface area (Å²) in [7, 11) is 2.16. The Balaban J connectivity index is 1.58. The van der Waals surface area contributed by atoms with E-state index in [-0.39, 0.29) is 11.4 Å². The average Bonchev–Trinajstić information content (AvgIpc) is 2.93. The van der Waals surface area contributed by atoms with E-state index >= 15 is 0 Å². The van der Waals surface area contributed by atoms with Crippen molar-refractivity contribution in [2.75, 3.05) is 33.2 Å². The van der Waals surface area contributed by atoms with Crippen LogP contribution in [0.2, 0.25) is 0 Å². The first-order valence-electron chi connectivity index (χ1n) is 8.63. The zero-order valence-corrected chi connectivity index (χ0v) is 14.0. The molecule has 1 fully saturated rings. The average molecular weight is 330 g/mol. The summed E-state index contributed by atoms with van der Waals surface area (Å²) < 4.78 is 14.7. The molecule has 1 aliphatic carbocycles. The Hall–Kier alpha value is -1.92. The minimum absolute atomic E-state index is 0.00966. The quantitative estimate of drug-likeness (QED) is 0.905. The molecule has 5 nitrogen and oxygen atoms in total. The van der Waals surface area contributed by atoms with E-state index in [1.807, 2.05) is 0 Å². The topological polar surface area (TPSA) is 44.3 Å². The molecule has 128 valence electrons. The maximum atomic E-state index is 13.1. The van der Waals surface area contributed by atoms with Crippen molar-refractivity contribution < 1.29 is 4.39 Å². The maximum absolute atomic E-state index is 13.1. The molecule has 24 heavy (non-hydrogen) atoms. The fraction of sp³-hybridized carbons (Fsp3) is 0.500. The molecule has 1 aromatic heterocycles. The number of H-pyrrole nitrogens is 1. The van der Waals surface area contributed by atoms with E-state index < -0.39 is 0 Å². The highest BCUT2D eigenvalue weighted by Crippen LogP contribution is 2.23. The van der Waals surface area contributed by atoms with Gasteiger partial charge in [0.2, 0.25) is 0 Å². The summed E-state index contributed by atoms with van der Waals surface area (Å²) in [5.74, 6) is -0.293. The van der Waals surface area contributed by atoms with Crippen LogP contribution < -0.4 is 5.56 Å². The number of fused-ring (bicyclic) bond motifs is 1. The fourth-order valence-corrected chi connectivity index (χ4v) is 3.85. The smallest absolute Gasteiger partial charge is 0.274 e. The minimum atomic E-state index is -0.293. The predicted molar refractivity (Wildman–Crippen MR) is 91.2 cm³/mol.